The molecule has 3 aliphatic rings. The average molecular weight is 605 g/mol. The topological polar surface area (TPSA) is 183 Å². The Labute approximate surface area is 251 Å². The predicted octanol–water partition coefficient (Wildman–Crippen LogP) is 1.61. The number of aliphatic hydroxyl groups is 1. The Bertz CT molecular complexity index is 1890. The van der Waals surface area contributed by atoms with Gasteiger partial charge in [0.05, 0.1) is 35.1 Å². The van der Waals surface area contributed by atoms with Gasteiger partial charge in [0.25, 0.3) is 17.0 Å². The number of carbonyl (C=O) groups is 2. The summed E-state index contributed by atoms with van der Waals surface area (Å²) in [7, 11) is 0. The van der Waals surface area contributed by atoms with Crippen LogP contribution in [0.2, 0.25) is 0 Å². The molecule has 13 heteroatoms. The van der Waals surface area contributed by atoms with E-state index in [1.807, 2.05) is 6.92 Å². The number of nitrogens with zero attached hydrogens (tertiary/aromatic N) is 4. The lowest BCUT2D eigenvalue weighted by atomic mass is 9.86. The van der Waals surface area contributed by atoms with Crippen LogP contribution >= 0.6 is 0 Å². The molecule has 0 atom stereocenters. The molecule has 1 amide bonds. The standard InChI is InChI=1S/C31H36N6O7/c1-16-19(14-32-26-24(16)29(40)36(34-26)21-10-12-22(13-11-21)44-15-38)4-3-5-23-17(2)25-27(33-28(23)39)35-37(30(25)41)20-8-6-18(7-9-20)31(42)43/h3-5,14,18,20-22,38H,6-13,15H2,1-2H3,(H,42,43)(H2,33,35,39)/b5-3?,19-4+. The van der Waals surface area contributed by atoms with E-state index in [0.717, 1.165) is 31.2 Å². The second-order valence-corrected chi connectivity index (χ2v) is 11.9. The van der Waals surface area contributed by atoms with Crippen LogP contribution in [0.4, 0.5) is 0 Å². The summed E-state index contributed by atoms with van der Waals surface area (Å²) in [6.07, 6.45) is 11.8. The van der Waals surface area contributed by atoms with E-state index in [9.17, 15) is 24.3 Å². The lowest BCUT2D eigenvalue weighted by Gasteiger charge is -2.31. The SMILES string of the molecule is Cc1c2c(nc/c1=C\C=Cc1c(C)c3c(=O)n(C4CCC(C(=O)O)CC4)[nH]c3[nH]c1=O)=NN(C1CCC(OCO)CC1)C2=O. The van der Waals surface area contributed by atoms with Gasteiger partial charge in [0, 0.05) is 11.8 Å². The minimum absolute atomic E-state index is 0.00972. The fraction of sp³-hybridized carbons (Fsp3) is 0.484. The Morgan fingerprint density at radius 1 is 1.05 bits per heavy atom. The molecule has 2 saturated carbocycles. The van der Waals surface area contributed by atoms with Crippen molar-refractivity contribution in [2.75, 3.05) is 6.79 Å². The molecule has 13 nitrogen and oxygen atoms in total. The van der Waals surface area contributed by atoms with Crippen LogP contribution in [0.15, 0.2) is 27.0 Å². The van der Waals surface area contributed by atoms with E-state index in [4.69, 9.17) is 9.84 Å². The van der Waals surface area contributed by atoms with E-state index < -0.39 is 11.9 Å². The average Bonchev–Trinajstić information content (AvgIpc) is 3.53. The third-order valence-corrected chi connectivity index (χ3v) is 9.41. The molecule has 2 aliphatic carbocycles. The lowest BCUT2D eigenvalue weighted by molar-refractivity contribution is -0.143. The smallest absolute Gasteiger partial charge is 0.306 e. The molecule has 1 aliphatic heterocycles. The fourth-order valence-corrected chi connectivity index (χ4v) is 6.84. The monoisotopic (exact) mass is 604 g/mol. The molecule has 3 aromatic rings. The molecule has 2 fully saturated rings. The van der Waals surface area contributed by atoms with Crippen molar-refractivity contribution in [3.63, 3.8) is 0 Å². The molecule has 44 heavy (non-hydrogen) atoms. The number of ether oxygens (including phenoxy) is 1. The quantitative estimate of drug-likeness (QED) is 0.293. The van der Waals surface area contributed by atoms with E-state index in [0.29, 0.717) is 64.1 Å². The van der Waals surface area contributed by atoms with E-state index in [1.54, 1.807) is 31.3 Å². The highest BCUT2D eigenvalue weighted by Crippen LogP contribution is 2.32. The van der Waals surface area contributed by atoms with Crippen LogP contribution in [0.1, 0.15) is 84.5 Å². The number of hydrogen-bond donors (Lipinski definition) is 4. The number of hydrogen-bond acceptors (Lipinski definition) is 8. The number of carbonyl (C=O) groups excluding carboxylic acids is 1. The van der Waals surface area contributed by atoms with Gasteiger partial charge < -0.3 is 19.9 Å². The van der Waals surface area contributed by atoms with Crippen molar-refractivity contribution in [2.24, 2.45) is 11.0 Å². The minimum Gasteiger partial charge on any atom is -0.481 e. The number of aromatic nitrogens is 4. The van der Waals surface area contributed by atoms with E-state index >= 15 is 0 Å². The fourth-order valence-electron chi connectivity index (χ4n) is 6.84. The van der Waals surface area contributed by atoms with Crippen molar-refractivity contribution in [1.82, 2.24) is 24.8 Å². The highest BCUT2D eigenvalue weighted by atomic mass is 16.6. The number of aromatic amines is 2. The minimum atomic E-state index is -0.806. The summed E-state index contributed by atoms with van der Waals surface area (Å²) in [5.74, 6) is -1.39. The summed E-state index contributed by atoms with van der Waals surface area (Å²) in [4.78, 5) is 58.3. The van der Waals surface area contributed by atoms with Crippen LogP contribution in [0, 0.1) is 19.8 Å². The van der Waals surface area contributed by atoms with Gasteiger partial charge in [-0.2, -0.15) is 0 Å². The van der Waals surface area contributed by atoms with Crippen molar-refractivity contribution in [3.8, 4) is 0 Å². The number of aryl methyl sites for hydroxylation is 1. The van der Waals surface area contributed by atoms with Crippen LogP contribution in [-0.4, -0.2) is 65.8 Å². The molecule has 0 bridgehead atoms. The zero-order valence-corrected chi connectivity index (χ0v) is 24.7. The predicted molar refractivity (Wildman–Crippen MR) is 160 cm³/mol. The van der Waals surface area contributed by atoms with Gasteiger partial charge in [-0.05, 0) is 87.6 Å². The Morgan fingerprint density at radius 3 is 2.43 bits per heavy atom. The van der Waals surface area contributed by atoms with E-state index in [1.165, 1.54) is 9.69 Å². The van der Waals surface area contributed by atoms with Gasteiger partial charge in [0.1, 0.15) is 12.4 Å². The van der Waals surface area contributed by atoms with Gasteiger partial charge in [-0.1, -0.05) is 12.2 Å². The van der Waals surface area contributed by atoms with Crippen molar-refractivity contribution >= 4 is 35.1 Å². The molecular weight excluding hydrogens is 568 g/mol. The highest BCUT2D eigenvalue weighted by molar-refractivity contribution is 5.96. The van der Waals surface area contributed by atoms with Crippen molar-refractivity contribution in [3.05, 3.63) is 65.9 Å². The molecule has 0 unspecified atom stereocenters. The molecular formula is C31H36N6O7. The first kappa shape index (κ1) is 29.7. The number of fused-ring (bicyclic) bond motifs is 2. The van der Waals surface area contributed by atoms with Gasteiger partial charge in [-0.3, -0.25) is 24.3 Å². The number of aliphatic carboxylic acids is 1. The summed E-state index contributed by atoms with van der Waals surface area (Å²) >= 11 is 0. The zero-order valence-electron chi connectivity index (χ0n) is 24.7. The number of allylic oxidation sites excluding steroid dienone is 1. The summed E-state index contributed by atoms with van der Waals surface area (Å²) in [6.45, 7) is 3.27. The Hall–Kier alpha value is -4.36. The van der Waals surface area contributed by atoms with Gasteiger partial charge in [0.15, 0.2) is 5.49 Å². The Balaban J connectivity index is 1.23. The Kier molecular flexibility index (Phi) is 8.08. The molecule has 3 aromatic heterocycles. The third-order valence-electron chi connectivity index (χ3n) is 9.41. The largest absolute Gasteiger partial charge is 0.481 e. The summed E-state index contributed by atoms with van der Waals surface area (Å²) < 4.78 is 6.83. The van der Waals surface area contributed by atoms with Crippen LogP contribution < -0.4 is 21.8 Å². The van der Waals surface area contributed by atoms with E-state index in [-0.39, 0.29) is 42.0 Å². The number of nitrogens with one attached hydrogen (secondary N) is 2. The zero-order chi connectivity index (χ0) is 31.1. The number of pyridine rings is 2. The summed E-state index contributed by atoms with van der Waals surface area (Å²) in [6, 6.07) is -0.207. The molecule has 6 rings (SSSR count). The molecule has 4 heterocycles. The van der Waals surface area contributed by atoms with Crippen LogP contribution in [0.5, 0.6) is 0 Å². The molecule has 4 N–H and O–H groups in total. The summed E-state index contributed by atoms with van der Waals surface area (Å²) in [5.41, 5.74) is 2.22. The van der Waals surface area contributed by atoms with Crippen molar-refractivity contribution in [2.45, 2.75) is 83.4 Å². The van der Waals surface area contributed by atoms with Crippen LogP contribution in [0.3, 0.4) is 0 Å². The number of carboxylic acid groups (broad SMARTS) is 1. The van der Waals surface area contributed by atoms with Gasteiger partial charge in [0.2, 0.25) is 0 Å². The molecule has 0 spiro atoms. The first-order valence-corrected chi connectivity index (χ1v) is 15.1. The number of carboxylic acids is 1. The molecule has 0 radical (unpaired) electrons. The molecule has 0 saturated heterocycles. The number of amides is 1. The maximum Gasteiger partial charge on any atom is 0.306 e. The number of aliphatic hydroxyl groups excluding tert-OH is 1. The first-order chi connectivity index (χ1) is 21.2. The third kappa shape index (κ3) is 5.30. The second-order valence-electron chi connectivity index (χ2n) is 11.9. The summed E-state index contributed by atoms with van der Waals surface area (Å²) in [5, 5.41) is 28.5. The Morgan fingerprint density at radius 2 is 1.75 bits per heavy atom. The van der Waals surface area contributed by atoms with Crippen molar-refractivity contribution < 1.29 is 24.5 Å². The lowest BCUT2D eigenvalue weighted by Crippen LogP contribution is -2.38. The maximum atomic E-state index is 13.4. The first-order valence-electron chi connectivity index (χ1n) is 15.1. The number of rotatable bonds is 7. The van der Waals surface area contributed by atoms with Crippen LogP contribution in [-0.2, 0) is 9.53 Å². The van der Waals surface area contributed by atoms with Gasteiger partial charge in [-0.25, -0.2) is 14.7 Å². The molecule has 0 aromatic carbocycles. The van der Waals surface area contributed by atoms with Gasteiger partial charge in [-0.15, -0.1) is 5.10 Å². The normalized spacial score (nSPS) is 24.3. The van der Waals surface area contributed by atoms with E-state index in [2.05, 4.69) is 20.2 Å². The highest BCUT2D eigenvalue weighted by Gasteiger charge is 2.35. The second kappa shape index (κ2) is 12.0. The van der Waals surface area contributed by atoms with Crippen LogP contribution in [0.25, 0.3) is 23.2 Å². The van der Waals surface area contributed by atoms with Crippen molar-refractivity contribution in [1.29, 1.82) is 0 Å². The maximum absolute atomic E-state index is 13.4. The van der Waals surface area contributed by atoms with Gasteiger partial charge >= 0.3 is 5.97 Å². The number of H-pyrrole nitrogens is 2. The molecule has 232 valence electrons.